The van der Waals surface area contributed by atoms with Gasteiger partial charge in [0.2, 0.25) is 5.91 Å². The first-order chi connectivity index (χ1) is 10.7. The Balaban J connectivity index is 1.60. The molecule has 1 fully saturated rings. The molecule has 1 aliphatic rings. The number of aromatic nitrogens is 2. The number of hydrogen-bond donors (Lipinski definition) is 1. The van der Waals surface area contributed by atoms with Gasteiger partial charge < -0.3 is 10.1 Å². The number of rotatable bonds is 5. The summed E-state index contributed by atoms with van der Waals surface area (Å²) in [5.74, 6) is -0.0338. The Morgan fingerprint density at radius 1 is 1.59 bits per heavy atom. The molecule has 3 heterocycles. The van der Waals surface area contributed by atoms with Crippen molar-refractivity contribution in [3.05, 3.63) is 39.8 Å². The summed E-state index contributed by atoms with van der Waals surface area (Å²) >= 11 is 1.72. The molecule has 22 heavy (non-hydrogen) atoms. The molecule has 0 spiro atoms. The second-order valence-electron chi connectivity index (χ2n) is 5.62. The Morgan fingerprint density at radius 3 is 3.14 bits per heavy atom. The van der Waals surface area contributed by atoms with Crippen LogP contribution >= 0.6 is 11.3 Å². The van der Waals surface area contributed by atoms with Crippen molar-refractivity contribution >= 4 is 17.2 Å². The number of nitrogens with one attached hydrogen (secondary N) is 1. The van der Waals surface area contributed by atoms with Crippen LogP contribution in [0.2, 0.25) is 0 Å². The van der Waals surface area contributed by atoms with Crippen LogP contribution in [0, 0.1) is 12.8 Å². The van der Waals surface area contributed by atoms with Gasteiger partial charge >= 0.3 is 0 Å². The quantitative estimate of drug-likeness (QED) is 0.919. The van der Waals surface area contributed by atoms with E-state index in [0.29, 0.717) is 13.2 Å². The summed E-state index contributed by atoms with van der Waals surface area (Å²) in [6.45, 7) is 3.31. The molecule has 0 bridgehead atoms. The number of ether oxygens (including phenoxy) is 1. The summed E-state index contributed by atoms with van der Waals surface area (Å²) in [4.78, 5) is 13.8. The van der Waals surface area contributed by atoms with Crippen LogP contribution in [0.3, 0.4) is 0 Å². The van der Waals surface area contributed by atoms with E-state index in [-0.39, 0.29) is 17.9 Å². The van der Waals surface area contributed by atoms with Gasteiger partial charge in [0.1, 0.15) is 0 Å². The van der Waals surface area contributed by atoms with E-state index < -0.39 is 0 Å². The van der Waals surface area contributed by atoms with Gasteiger partial charge in [-0.3, -0.25) is 9.48 Å². The maximum atomic E-state index is 12.5. The minimum atomic E-state index is -0.171. The predicted molar refractivity (Wildman–Crippen MR) is 85.8 cm³/mol. The highest BCUT2D eigenvalue weighted by Gasteiger charge is 2.36. The molecule has 0 aromatic carbocycles. The molecule has 0 saturated carbocycles. The first kappa shape index (κ1) is 15.2. The number of hydrogen-bond acceptors (Lipinski definition) is 4. The number of aryl methyl sites for hydroxylation is 1. The van der Waals surface area contributed by atoms with E-state index in [4.69, 9.17) is 4.74 Å². The fraction of sp³-hybridized carbons (Fsp3) is 0.500. The zero-order chi connectivity index (χ0) is 15.5. The lowest BCUT2D eigenvalue weighted by atomic mass is 9.95. The fourth-order valence-electron chi connectivity index (χ4n) is 2.85. The normalized spacial score (nSPS) is 21.2. The average Bonchev–Trinajstić information content (AvgIpc) is 3.22. The summed E-state index contributed by atoms with van der Waals surface area (Å²) in [6.07, 6.45) is 3.30. The lowest BCUT2D eigenvalue weighted by molar-refractivity contribution is -0.126. The van der Waals surface area contributed by atoms with Gasteiger partial charge in [-0.2, -0.15) is 5.10 Å². The molecule has 0 radical (unpaired) electrons. The Hall–Kier alpha value is -1.66. The Labute approximate surface area is 134 Å². The van der Waals surface area contributed by atoms with E-state index in [1.165, 1.54) is 4.88 Å². The highest BCUT2D eigenvalue weighted by Crippen LogP contribution is 2.35. The van der Waals surface area contributed by atoms with Gasteiger partial charge in [0, 0.05) is 36.3 Å². The number of carbonyl (C=O) groups excluding carboxylic acids is 1. The highest BCUT2D eigenvalue weighted by atomic mass is 32.1. The van der Waals surface area contributed by atoms with E-state index in [9.17, 15) is 4.79 Å². The molecule has 2 aromatic rings. The van der Waals surface area contributed by atoms with Crippen molar-refractivity contribution < 1.29 is 9.53 Å². The van der Waals surface area contributed by atoms with Crippen molar-refractivity contribution in [2.45, 2.75) is 25.9 Å². The zero-order valence-corrected chi connectivity index (χ0v) is 13.7. The molecule has 1 N–H and O–H groups in total. The molecule has 1 amide bonds. The van der Waals surface area contributed by atoms with E-state index in [2.05, 4.69) is 21.9 Å². The molecule has 6 heteroatoms. The molecule has 2 atom stereocenters. The monoisotopic (exact) mass is 319 g/mol. The van der Waals surface area contributed by atoms with Crippen LogP contribution in [0.25, 0.3) is 0 Å². The number of thiophene rings is 1. The van der Waals surface area contributed by atoms with Crippen molar-refractivity contribution in [1.29, 1.82) is 0 Å². The molecule has 3 rings (SSSR count). The molecule has 118 valence electrons. The number of amides is 1. The minimum absolute atomic E-state index is 0.0855. The summed E-state index contributed by atoms with van der Waals surface area (Å²) in [6, 6.07) is 4.13. The van der Waals surface area contributed by atoms with Crippen LogP contribution in [0.5, 0.6) is 0 Å². The maximum absolute atomic E-state index is 12.5. The first-order valence-corrected chi connectivity index (χ1v) is 8.45. The maximum Gasteiger partial charge on any atom is 0.226 e. The summed E-state index contributed by atoms with van der Waals surface area (Å²) < 4.78 is 7.63. The second-order valence-corrected chi connectivity index (χ2v) is 6.65. The third-order valence-corrected chi connectivity index (χ3v) is 5.20. The van der Waals surface area contributed by atoms with Crippen LogP contribution in [0.1, 0.15) is 28.7 Å². The van der Waals surface area contributed by atoms with Crippen LogP contribution in [0.4, 0.5) is 0 Å². The first-order valence-electron chi connectivity index (χ1n) is 7.57. The second kappa shape index (κ2) is 6.62. The van der Waals surface area contributed by atoms with Gasteiger partial charge in [0.15, 0.2) is 0 Å². The van der Waals surface area contributed by atoms with Gasteiger partial charge in [-0.05, 0) is 31.2 Å². The third kappa shape index (κ3) is 3.08. The van der Waals surface area contributed by atoms with Gasteiger partial charge in [-0.15, -0.1) is 11.3 Å². The van der Waals surface area contributed by atoms with Crippen LogP contribution in [-0.4, -0.2) is 28.8 Å². The van der Waals surface area contributed by atoms with Crippen LogP contribution in [-0.2, 0) is 23.0 Å². The van der Waals surface area contributed by atoms with Crippen LogP contribution in [0.15, 0.2) is 23.7 Å². The molecule has 1 saturated heterocycles. The van der Waals surface area contributed by atoms with E-state index in [1.54, 1.807) is 11.3 Å². The molecule has 0 unspecified atom stereocenters. The van der Waals surface area contributed by atoms with Crippen molar-refractivity contribution in [3.63, 3.8) is 0 Å². The van der Waals surface area contributed by atoms with Crippen molar-refractivity contribution in [3.8, 4) is 0 Å². The van der Waals surface area contributed by atoms with E-state index in [1.807, 2.05) is 30.9 Å². The Kier molecular flexibility index (Phi) is 4.59. The molecule has 1 aliphatic heterocycles. The third-order valence-electron chi connectivity index (χ3n) is 4.26. The Morgan fingerprint density at radius 2 is 2.45 bits per heavy atom. The molecule has 0 aliphatic carbocycles. The van der Waals surface area contributed by atoms with E-state index >= 15 is 0 Å². The van der Waals surface area contributed by atoms with Gasteiger partial charge in [0.25, 0.3) is 0 Å². The summed E-state index contributed by atoms with van der Waals surface area (Å²) in [5, 5.41) is 9.36. The Bertz CT molecular complexity index is 636. The number of carbonyl (C=O) groups is 1. The SMILES string of the molecule is Cc1c([C@H]2OCC[C@@H]2C(=O)NCCc2cccs2)cnn1C. The standard InChI is InChI=1S/C16H21N3O2S/c1-11-14(10-18-19(11)2)15-13(6-8-21-15)16(20)17-7-5-12-4-3-9-22-12/h3-4,9-10,13,15H,5-8H2,1-2H3,(H,17,20)/t13-,15-/m0/s1. The molecule has 5 nitrogen and oxygen atoms in total. The average molecular weight is 319 g/mol. The smallest absolute Gasteiger partial charge is 0.226 e. The number of nitrogens with zero attached hydrogens (tertiary/aromatic N) is 2. The van der Waals surface area contributed by atoms with Gasteiger partial charge in [-0.1, -0.05) is 6.07 Å². The highest BCUT2D eigenvalue weighted by molar-refractivity contribution is 7.09. The minimum Gasteiger partial charge on any atom is -0.373 e. The lowest BCUT2D eigenvalue weighted by Gasteiger charge is -2.18. The molecule has 2 aromatic heterocycles. The topological polar surface area (TPSA) is 56.1 Å². The molecular weight excluding hydrogens is 298 g/mol. The summed E-state index contributed by atoms with van der Waals surface area (Å²) in [5.41, 5.74) is 2.08. The molecular formula is C16H21N3O2S. The van der Waals surface area contributed by atoms with Crippen molar-refractivity contribution in [1.82, 2.24) is 15.1 Å². The van der Waals surface area contributed by atoms with Crippen LogP contribution < -0.4 is 5.32 Å². The van der Waals surface area contributed by atoms with Crippen molar-refractivity contribution in [2.75, 3.05) is 13.2 Å². The van der Waals surface area contributed by atoms with E-state index in [0.717, 1.165) is 24.1 Å². The fourth-order valence-corrected chi connectivity index (χ4v) is 3.56. The van der Waals surface area contributed by atoms with Crippen molar-refractivity contribution in [2.24, 2.45) is 13.0 Å². The lowest BCUT2D eigenvalue weighted by Crippen LogP contribution is -2.33. The van der Waals surface area contributed by atoms with Gasteiger partial charge in [-0.25, -0.2) is 0 Å². The van der Waals surface area contributed by atoms with Gasteiger partial charge in [0.05, 0.1) is 18.2 Å². The zero-order valence-electron chi connectivity index (χ0n) is 12.9. The largest absolute Gasteiger partial charge is 0.373 e. The summed E-state index contributed by atoms with van der Waals surface area (Å²) in [7, 11) is 1.91. The predicted octanol–water partition coefficient (Wildman–Crippen LogP) is 2.23.